The third kappa shape index (κ3) is 4.41. The number of anilines is 1. The molecule has 1 fully saturated rings. The second-order valence-corrected chi connectivity index (χ2v) is 7.24. The highest BCUT2D eigenvalue weighted by atomic mass is 35.5. The summed E-state index contributed by atoms with van der Waals surface area (Å²) in [6, 6.07) is 11.9. The zero-order valence-electron chi connectivity index (χ0n) is 14.2. The fourth-order valence-corrected chi connectivity index (χ4v) is 3.82. The van der Waals surface area contributed by atoms with Gasteiger partial charge in [0.25, 0.3) is 0 Å². The van der Waals surface area contributed by atoms with Crippen LogP contribution in [0.4, 0.5) is 5.69 Å². The maximum atomic E-state index is 6.20. The first-order valence-electron chi connectivity index (χ1n) is 8.42. The number of aromatic nitrogens is 1. The minimum Gasteiger partial charge on any atom is -0.481 e. The van der Waals surface area contributed by atoms with Crippen LogP contribution in [0.1, 0.15) is 31.2 Å². The summed E-state index contributed by atoms with van der Waals surface area (Å²) >= 11 is 11.7. The van der Waals surface area contributed by atoms with E-state index in [0.29, 0.717) is 11.0 Å². The summed E-state index contributed by atoms with van der Waals surface area (Å²) in [6.07, 6.45) is 6.46. The fourth-order valence-electron chi connectivity index (χ4n) is 3.44. The van der Waals surface area contributed by atoms with Gasteiger partial charge in [-0.15, -0.1) is 0 Å². The zero-order valence-corrected chi connectivity index (χ0v) is 15.8. The molecule has 0 saturated heterocycles. The molecule has 4 nitrogen and oxygen atoms in total. The van der Waals surface area contributed by atoms with Crippen molar-refractivity contribution in [2.45, 2.75) is 31.1 Å². The third-order valence-corrected chi connectivity index (χ3v) is 5.27. The molecule has 0 spiro atoms. The van der Waals surface area contributed by atoms with E-state index in [1.54, 1.807) is 19.4 Å². The first kappa shape index (κ1) is 18.0. The molecule has 0 atom stereocenters. The number of benzene rings is 1. The molecule has 132 valence electrons. The van der Waals surface area contributed by atoms with Gasteiger partial charge in [-0.3, -0.25) is 0 Å². The summed E-state index contributed by atoms with van der Waals surface area (Å²) in [5.74, 6) is 0.579. The van der Waals surface area contributed by atoms with Gasteiger partial charge in [-0.1, -0.05) is 36.6 Å². The van der Waals surface area contributed by atoms with Crippen LogP contribution in [0.25, 0.3) is 0 Å². The van der Waals surface area contributed by atoms with Gasteiger partial charge < -0.3 is 15.4 Å². The topological polar surface area (TPSA) is 46.2 Å². The molecule has 1 saturated carbocycles. The molecule has 0 unspecified atom stereocenters. The van der Waals surface area contributed by atoms with Crippen molar-refractivity contribution in [2.24, 2.45) is 0 Å². The van der Waals surface area contributed by atoms with Crippen molar-refractivity contribution in [3.8, 4) is 5.88 Å². The van der Waals surface area contributed by atoms with E-state index in [0.717, 1.165) is 30.1 Å². The Hall–Kier alpha value is -1.85. The Kier molecular flexibility index (Phi) is 5.76. The smallest absolute Gasteiger partial charge is 0.213 e. The number of nitrogens with one attached hydrogen (secondary N) is 2. The summed E-state index contributed by atoms with van der Waals surface area (Å²) in [4.78, 5) is 4.17. The summed E-state index contributed by atoms with van der Waals surface area (Å²) in [5.41, 5.74) is 2.22. The van der Waals surface area contributed by atoms with E-state index in [9.17, 15) is 0 Å². The number of rotatable bonds is 5. The first-order valence-corrected chi connectivity index (χ1v) is 9.21. The second kappa shape index (κ2) is 8.02. The third-order valence-electron chi connectivity index (χ3n) is 4.79. The number of halogens is 1. The fraction of sp³-hybridized carbons (Fsp3) is 0.368. The molecule has 1 aliphatic rings. The Labute approximate surface area is 158 Å². The molecule has 3 rings (SSSR count). The van der Waals surface area contributed by atoms with Crippen LogP contribution in [0.3, 0.4) is 0 Å². The average molecular weight is 376 g/mol. The van der Waals surface area contributed by atoms with Gasteiger partial charge in [0, 0.05) is 23.0 Å². The van der Waals surface area contributed by atoms with Crippen molar-refractivity contribution < 1.29 is 4.74 Å². The van der Waals surface area contributed by atoms with E-state index in [-0.39, 0.29) is 5.41 Å². The molecular weight excluding hydrogens is 354 g/mol. The minimum absolute atomic E-state index is 0.0921. The Morgan fingerprint density at radius 1 is 1.28 bits per heavy atom. The standard InChI is InChI=1S/C19H22ClN3OS/c1-24-17-8-7-16(12-21-17)23-18(25)22-13-19(9-2-3-10-19)14-5-4-6-15(20)11-14/h4-8,11-12H,2-3,9-10,13H2,1H3,(H2,22,23,25). The molecule has 0 bridgehead atoms. The van der Waals surface area contributed by atoms with Gasteiger partial charge in [-0.2, -0.15) is 0 Å². The maximum absolute atomic E-state index is 6.20. The highest BCUT2D eigenvalue weighted by Gasteiger charge is 2.35. The van der Waals surface area contributed by atoms with Gasteiger partial charge in [-0.25, -0.2) is 4.98 Å². The molecule has 1 aromatic heterocycles. The van der Waals surface area contributed by atoms with E-state index in [2.05, 4.69) is 27.8 Å². The number of nitrogens with zero attached hydrogens (tertiary/aromatic N) is 1. The second-order valence-electron chi connectivity index (χ2n) is 6.39. The zero-order chi connectivity index (χ0) is 17.7. The molecule has 2 N–H and O–H groups in total. The highest BCUT2D eigenvalue weighted by molar-refractivity contribution is 7.80. The molecule has 1 heterocycles. The summed E-state index contributed by atoms with van der Waals surface area (Å²) in [6.45, 7) is 0.794. The lowest BCUT2D eigenvalue weighted by atomic mass is 9.79. The van der Waals surface area contributed by atoms with Gasteiger partial charge in [-0.05, 0) is 48.8 Å². The molecule has 6 heteroatoms. The molecule has 0 radical (unpaired) electrons. The predicted molar refractivity (Wildman–Crippen MR) is 107 cm³/mol. The van der Waals surface area contributed by atoms with Gasteiger partial charge in [0.1, 0.15) is 0 Å². The van der Waals surface area contributed by atoms with E-state index >= 15 is 0 Å². The van der Waals surface area contributed by atoms with Gasteiger partial charge in [0.2, 0.25) is 5.88 Å². The lowest BCUT2D eigenvalue weighted by Gasteiger charge is -2.30. The largest absolute Gasteiger partial charge is 0.481 e. The molecular formula is C19H22ClN3OS. The Morgan fingerprint density at radius 3 is 2.72 bits per heavy atom. The van der Waals surface area contributed by atoms with Crippen LogP contribution < -0.4 is 15.4 Å². The number of hydrogen-bond acceptors (Lipinski definition) is 3. The number of ether oxygens (including phenoxy) is 1. The summed E-state index contributed by atoms with van der Waals surface area (Å²) in [5, 5.41) is 7.94. The van der Waals surface area contributed by atoms with E-state index in [1.165, 1.54) is 18.4 Å². The molecule has 0 amide bonds. The van der Waals surface area contributed by atoms with Crippen LogP contribution in [-0.4, -0.2) is 23.8 Å². The number of methoxy groups -OCH3 is 1. The van der Waals surface area contributed by atoms with Crippen molar-refractivity contribution >= 4 is 34.6 Å². The Morgan fingerprint density at radius 2 is 2.08 bits per heavy atom. The normalized spacial score (nSPS) is 15.6. The van der Waals surface area contributed by atoms with Crippen LogP contribution in [0.2, 0.25) is 5.02 Å². The molecule has 0 aliphatic heterocycles. The lowest BCUT2D eigenvalue weighted by Crippen LogP contribution is -2.40. The van der Waals surface area contributed by atoms with Gasteiger partial charge in [0.05, 0.1) is 19.0 Å². The number of thiocarbonyl (C=S) groups is 1. The predicted octanol–water partition coefficient (Wildman–Crippen LogP) is 4.54. The van der Waals surface area contributed by atoms with Crippen molar-refractivity contribution in [3.05, 3.63) is 53.2 Å². The lowest BCUT2D eigenvalue weighted by molar-refractivity contribution is 0.398. The number of hydrogen-bond donors (Lipinski definition) is 2. The van der Waals surface area contributed by atoms with Gasteiger partial charge >= 0.3 is 0 Å². The van der Waals surface area contributed by atoms with Gasteiger partial charge in [0.15, 0.2) is 5.11 Å². The summed E-state index contributed by atoms with van der Waals surface area (Å²) in [7, 11) is 1.60. The SMILES string of the molecule is COc1ccc(NC(=S)NCC2(c3cccc(Cl)c3)CCCC2)cn1. The monoisotopic (exact) mass is 375 g/mol. The summed E-state index contributed by atoms with van der Waals surface area (Å²) < 4.78 is 5.06. The van der Waals surface area contributed by atoms with Crippen LogP contribution in [-0.2, 0) is 5.41 Å². The van der Waals surface area contributed by atoms with E-state index < -0.39 is 0 Å². The highest BCUT2D eigenvalue weighted by Crippen LogP contribution is 2.41. The molecule has 25 heavy (non-hydrogen) atoms. The first-order chi connectivity index (χ1) is 12.1. The van der Waals surface area contributed by atoms with E-state index in [4.69, 9.17) is 28.6 Å². The van der Waals surface area contributed by atoms with Crippen LogP contribution >= 0.6 is 23.8 Å². The Balaban J connectivity index is 1.64. The molecule has 2 aromatic rings. The van der Waals surface area contributed by atoms with Crippen molar-refractivity contribution in [1.82, 2.24) is 10.3 Å². The van der Waals surface area contributed by atoms with Crippen molar-refractivity contribution in [1.29, 1.82) is 0 Å². The molecule has 1 aliphatic carbocycles. The van der Waals surface area contributed by atoms with Crippen LogP contribution in [0.15, 0.2) is 42.6 Å². The van der Waals surface area contributed by atoms with Crippen molar-refractivity contribution in [2.75, 3.05) is 19.0 Å². The van der Waals surface area contributed by atoms with Crippen molar-refractivity contribution in [3.63, 3.8) is 0 Å². The minimum atomic E-state index is 0.0921. The van der Waals surface area contributed by atoms with Crippen LogP contribution in [0, 0.1) is 0 Å². The number of pyridine rings is 1. The maximum Gasteiger partial charge on any atom is 0.213 e. The Bertz CT molecular complexity index is 730. The average Bonchev–Trinajstić information content (AvgIpc) is 3.11. The molecule has 1 aromatic carbocycles. The quantitative estimate of drug-likeness (QED) is 0.751. The van der Waals surface area contributed by atoms with Crippen LogP contribution in [0.5, 0.6) is 5.88 Å². The van der Waals surface area contributed by atoms with E-state index in [1.807, 2.05) is 18.2 Å².